The molecule has 6 nitrogen and oxygen atoms in total. The highest BCUT2D eigenvalue weighted by Gasteiger charge is 2.19. The number of esters is 3. The summed E-state index contributed by atoms with van der Waals surface area (Å²) in [5, 5.41) is 0. The van der Waals surface area contributed by atoms with Crippen LogP contribution in [-0.2, 0) is 28.6 Å². The van der Waals surface area contributed by atoms with E-state index in [1.54, 1.807) is 0 Å². The van der Waals surface area contributed by atoms with Gasteiger partial charge < -0.3 is 14.2 Å². The Morgan fingerprint density at radius 3 is 1.07 bits per heavy atom. The van der Waals surface area contributed by atoms with Crippen molar-refractivity contribution in [2.75, 3.05) is 13.2 Å². The Bertz CT molecular complexity index is 1260. The second kappa shape index (κ2) is 55.4. The minimum absolute atomic E-state index is 0.0894. The smallest absolute Gasteiger partial charge is 0.306 e. The van der Waals surface area contributed by atoms with E-state index in [4.69, 9.17) is 14.2 Å². The first-order chi connectivity index (χ1) is 33.0. The average molecular weight is 936 g/mol. The van der Waals surface area contributed by atoms with Gasteiger partial charge in [0, 0.05) is 19.3 Å². The topological polar surface area (TPSA) is 78.9 Å². The zero-order valence-electron chi connectivity index (χ0n) is 44.2. The van der Waals surface area contributed by atoms with Gasteiger partial charge in [0.2, 0.25) is 0 Å². The molecule has 0 spiro atoms. The minimum atomic E-state index is -0.794. The summed E-state index contributed by atoms with van der Waals surface area (Å²) in [6, 6.07) is 0. The van der Waals surface area contributed by atoms with Gasteiger partial charge in [0.1, 0.15) is 13.2 Å². The molecule has 0 aliphatic carbocycles. The lowest BCUT2D eigenvalue weighted by Gasteiger charge is -2.18. The molecule has 67 heavy (non-hydrogen) atoms. The van der Waals surface area contributed by atoms with Gasteiger partial charge in [-0.1, -0.05) is 261 Å². The number of hydrogen-bond acceptors (Lipinski definition) is 6. The molecule has 1 unspecified atom stereocenters. The van der Waals surface area contributed by atoms with E-state index in [1.165, 1.54) is 154 Å². The predicted octanol–water partition coefficient (Wildman–Crippen LogP) is 19.0. The highest BCUT2D eigenvalue weighted by atomic mass is 16.6. The van der Waals surface area contributed by atoms with Crippen molar-refractivity contribution < 1.29 is 28.6 Å². The van der Waals surface area contributed by atoms with E-state index in [0.29, 0.717) is 19.3 Å². The SMILES string of the molecule is CC/C=C/C=C/C=C/C=C/CCCCCC(=O)OCC(COC(=O)CCCCCCCCCCCCCCCCCCCCC)OC(=O)CCCCCCCCC/C=C/C/C=C/CCCCC. The van der Waals surface area contributed by atoms with Crippen molar-refractivity contribution in [3.63, 3.8) is 0 Å². The second-order valence-corrected chi connectivity index (χ2v) is 18.9. The quantitative estimate of drug-likeness (QED) is 0.0199. The van der Waals surface area contributed by atoms with E-state index in [9.17, 15) is 14.4 Å². The Kier molecular flexibility index (Phi) is 52.8. The van der Waals surface area contributed by atoms with Crippen LogP contribution in [0, 0.1) is 0 Å². The van der Waals surface area contributed by atoms with E-state index in [2.05, 4.69) is 63.3 Å². The Morgan fingerprint density at radius 1 is 0.328 bits per heavy atom. The van der Waals surface area contributed by atoms with Crippen molar-refractivity contribution >= 4 is 17.9 Å². The Hall–Kier alpha value is -3.15. The molecular formula is C61H106O6. The van der Waals surface area contributed by atoms with E-state index < -0.39 is 6.10 Å². The fourth-order valence-electron chi connectivity index (χ4n) is 8.01. The first-order valence-electron chi connectivity index (χ1n) is 28.5. The summed E-state index contributed by atoms with van der Waals surface area (Å²) < 4.78 is 16.8. The Morgan fingerprint density at radius 2 is 0.642 bits per heavy atom. The Labute approximate surface area is 414 Å². The predicted molar refractivity (Wildman–Crippen MR) is 288 cm³/mol. The fraction of sp³-hybridized carbons (Fsp3) is 0.754. The summed E-state index contributed by atoms with van der Waals surface area (Å²) in [7, 11) is 0. The van der Waals surface area contributed by atoms with Crippen LogP contribution in [0.1, 0.15) is 278 Å². The van der Waals surface area contributed by atoms with E-state index in [0.717, 1.165) is 83.5 Å². The average Bonchev–Trinajstić information content (AvgIpc) is 3.33. The van der Waals surface area contributed by atoms with Gasteiger partial charge in [0.25, 0.3) is 0 Å². The lowest BCUT2D eigenvalue weighted by molar-refractivity contribution is -0.167. The number of hydrogen-bond donors (Lipinski definition) is 0. The number of carbonyl (C=O) groups excluding carboxylic acids is 3. The van der Waals surface area contributed by atoms with E-state index in [-0.39, 0.29) is 31.1 Å². The molecule has 0 heterocycles. The molecule has 0 bridgehead atoms. The summed E-state index contributed by atoms with van der Waals surface area (Å²) in [6.45, 7) is 6.46. The van der Waals surface area contributed by atoms with E-state index in [1.807, 2.05) is 30.4 Å². The van der Waals surface area contributed by atoms with Crippen molar-refractivity contribution in [3.8, 4) is 0 Å². The van der Waals surface area contributed by atoms with E-state index >= 15 is 0 Å². The fourth-order valence-corrected chi connectivity index (χ4v) is 8.01. The lowest BCUT2D eigenvalue weighted by Crippen LogP contribution is -2.30. The number of allylic oxidation sites excluding steroid dienone is 12. The molecule has 0 aromatic carbocycles. The molecule has 0 aliphatic rings. The lowest BCUT2D eigenvalue weighted by atomic mass is 10.0. The van der Waals surface area contributed by atoms with Crippen molar-refractivity contribution in [1.29, 1.82) is 0 Å². The molecule has 386 valence electrons. The molecule has 0 saturated heterocycles. The standard InChI is InChI=1S/C61H106O6/c1-4-7-10-13-16-19-22-25-27-29-30-32-33-36-39-42-45-48-51-54-60(63)66-57-58(56-65-59(62)53-50-47-44-41-38-35-24-21-18-15-12-9-6-3)67-61(64)55-52-49-46-43-40-37-34-31-28-26-23-20-17-14-11-8-5-2/h9,12,15,17-18,20-21,24,26,28,35,38,58H,4-8,10-11,13-14,16,19,22-23,25,27,29-34,36-37,39-57H2,1-3H3/b12-9+,18-15+,20-17+,24-21+,28-26+,38-35+. The third-order valence-corrected chi connectivity index (χ3v) is 12.3. The third-order valence-electron chi connectivity index (χ3n) is 12.3. The van der Waals surface area contributed by atoms with Crippen LogP contribution < -0.4 is 0 Å². The van der Waals surface area contributed by atoms with Crippen LogP contribution in [0.4, 0.5) is 0 Å². The molecule has 0 aromatic heterocycles. The molecular weight excluding hydrogens is 829 g/mol. The van der Waals surface area contributed by atoms with Crippen LogP contribution >= 0.6 is 0 Å². The van der Waals surface area contributed by atoms with Crippen LogP contribution in [0.25, 0.3) is 0 Å². The zero-order chi connectivity index (χ0) is 48.6. The molecule has 6 heteroatoms. The van der Waals surface area contributed by atoms with Crippen LogP contribution in [0.5, 0.6) is 0 Å². The highest BCUT2D eigenvalue weighted by Crippen LogP contribution is 2.16. The minimum Gasteiger partial charge on any atom is -0.462 e. The van der Waals surface area contributed by atoms with Gasteiger partial charge >= 0.3 is 17.9 Å². The number of unbranched alkanes of at least 4 members (excludes halogenated alkanes) is 31. The molecule has 0 radical (unpaired) electrons. The molecule has 0 aliphatic heterocycles. The van der Waals surface area contributed by atoms with Crippen molar-refractivity contribution in [3.05, 3.63) is 72.9 Å². The summed E-state index contributed by atoms with van der Waals surface area (Å²) in [5.41, 5.74) is 0. The van der Waals surface area contributed by atoms with Gasteiger partial charge in [-0.2, -0.15) is 0 Å². The summed E-state index contributed by atoms with van der Waals surface area (Å²) in [6.07, 6.45) is 70.4. The van der Waals surface area contributed by atoms with Gasteiger partial charge in [-0.15, -0.1) is 0 Å². The summed E-state index contributed by atoms with van der Waals surface area (Å²) in [4.78, 5) is 38.1. The van der Waals surface area contributed by atoms with Crippen molar-refractivity contribution in [2.45, 2.75) is 284 Å². The van der Waals surface area contributed by atoms with Gasteiger partial charge in [0.05, 0.1) is 0 Å². The maximum absolute atomic E-state index is 12.8. The molecule has 1 atom stereocenters. The van der Waals surface area contributed by atoms with Crippen LogP contribution in [0.3, 0.4) is 0 Å². The highest BCUT2D eigenvalue weighted by molar-refractivity contribution is 5.71. The first-order valence-corrected chi connectivity index (χ1v) is 28.5. The van der Waals surface area contributed by atoms with Crippen LogP contribution in [-0.4, -0.2) is 37.2 Å². The van der Waals surface area contributed by atoms with Gasteiger partial charge in [-0.3, -0.25) is 14.4 Å². The summed E-state index contributed by atoms with van der Waals surface area (Å²) >= 11 is 0. The normalized spacial score (nSPS) is 12.6. The maximum Gasteiger partial charge on any atom is 0.306 e. The molecule has 0 N–H and O–H groups in total. The maximum atomic E-state index is 12.8. The van der Waals surface area contributed by atoms with Crippen LogP contribution in [0.15, 0.2) is 72.9 Å². The summed E-state index contributed by atoms with van der Waals surface area (Å²) in [5.74, 6) is -0.929. The number of rotatable bonds is 51. The number of ether oxygens (including phenoxy) is 3. The van der Waals surface area contributed by atoms with Crippen LogP contribution in [0.2, 0.25) is 0 Å². The third kappa shape index (κ3) is 53.7. The monoisotopic (exact) mass is 935 g/mol. The first kappa shape index (κ1) is 63.8. The molecule has 0 amide bonds. The van der Waals surface area contributed by atoms with Crippen molar-refractivity contribution in [1.82, 2.24) is 0 Å². The zero-order valence-corrected chi connectivity index (χ0v) is 44.2. The molecule has 0 rings (SSSR count). The number of carbonyl (C=O) groups is 3. The van der Waals surface area contributed by atoms with Gasteiger partial charge in [0.15, 0.2) is 6.10 Å². The second-order valence-electron chi connectivity index (χ2n) is 18.9. The molecule has 0 aromatic rings. The van der Waals surface area contributed by atoms with Gasteiger partial charge in [-0.25, -0.2) is 0 Å². The van der Waals surface area contributed by atoms with Gasteiger partial charge in [-0.05, 0) is 70.6 Å². The Balaban J connectivity index is 4.38. The van der Waals surface area contributed by atoms with Crippen molar-refractivity contribution in [2.24, 2.45) is 0 Å². The molecule has 0 saturated carbocycles. The molecule has 0 fully saturated rings. The largest absolute Gasteiger partial charge is 0.462 e.